The van der Waals surface area contributed by atoms with Gasteiger partial charge in [-0.3, -0.25) is 4.68 Å². The third-order valence-electron chi connectivity index (χ3n) is 3.67. The molecule has 0 amide bonds. The quantitative estimate of drug-likeness (QED) is 0.531. The van der Waals surface area contributed by atoms with Crippen LogP contribution in [0.1, 0.15) is 22.2 Å². The lowest BCUT2D eigenvalue weighted by Gasteiger charge is -1.99. The van der Waals surface area contributed by atoms with Crippen LogP contribution < -0.4 is 0 Å². The molecule has 0 radical (unpaired) electrons. The first-order valence-corrected chi connectivity index (χ1v) is 8.21. The molecule has 0 saturated heterocycles. The number of carbonyl (C=O) groups is 1. The topological polar surface area (TPSA) is 87.2 Å². The van der Waals surface area contributed by atoms with Crippen LogP contribution in [0.3, 0.4) is 0 Å². The number of ether oxygens (including phenoxy) is 1. The van der Waals surface area contributed by atoms with Crippen molar-refractivity contribution in [2.24, 2.45) is 7.05 Å². The van der Waals surface area contributed by atoms with Crippen molar-refractivity contribution in [3.05, 3.63) is 29.0 Å². The summed E-state index contributed by atoms with van der Waals surface area (Å²) in [6.45, 7) is 4.00. The second-order valence-corrected chi connectivity index (χ2v) is 6.28. The fraction of sp³-hybridized carbons (Fsp3) is 0.267. The molecule has 0 unspecified atom stereocenters. The van der Waals surface area contributed by atoms with E-state index in [-0.39, 0.29) is 5.97 Å². The van der Waals surface area contributed by atoms with Crippen LogP contribution in [-0.2, 0) is 11.8 Å². The van der Waals surface area contributed by atoms with Gasteiger partial charge in [-0.15, -0.1) is 16.4 Å². The van der Waals surface area contributed by atoms with E-state index in [1.54, 1.807) is 22.4 Å². The van der Waals surface area contributed by atoms with E-state index in [4.69, 9.17) is 4.74 Å². The molecule has 4 rings (SSSR count). The average molecular weight is 342 g/mol. The van der Waals surface area contributed by atoms with Gasteiger partial charge in [0.15, 0.2) is 5.65 Å². The minimum atomic E-state index is -0.333. The predicted molar refractivity (Wildman–Crippen MR) is 89.1 cm³/mol. The molecule has 0 aliphatic carbocycles. The van der Waals surface area contributed by atoms with E-state index in [9.17, 15) is 4.79 Å². The fourth-order valence-electron chi connectivity index (χ4n) is 2.57. The van der Waals surface area contributed by atoms with Gasteiger partial charge in [0.05, 0.1) is 12.0 Å². The van der Waals surface area contributed by atoms with E-state index < -0.39 is 0 Å². The zero-order chi connectivity index (χ0) is 16.8. The summed E-state index contributed by atoms with van der Waals surface area (Å²) < 4.78 is 8.43. The third-order valence-corrected chi connectivity index (χ3v) is 4.85. The number of nitrogens with zero attached hydrogens (tertiary/aromatic N) is 6. The summed E-state index contributed by atoms with van der Waals surface area (Å²) in [4.78, 5) is 22.4. The Morgan fingerprint density at radius 2 is 2.21 bits per heavy atom. The number of thiophene rings is 1. The van der Waals surface area contributed by atoms with Crippen molar-refractivity contribution >= 4 is 33.2 Å². The Labute approximate surface area is 140 Å². The molecule has 4 heterocycles. The zero-order valence-corrected chi connectivity index (χ0v) is 14.2. The van der Waals surface area contributed by atoms with Crippen LogP contribution in [0.2, 0.25) is 0 Å². The number of aromatic nitrogens is 6. The molecule has 9 heteroatoms. The van der Waals surface area contributed by atoms with E-state index in [1.165, 1.54) is 11.3 Å². The number of fused-ring (bicyclic) bond motifs is 3. The average Bonchev–Trinajstić information content (AvgIpc) is 3.23. The molecule has 24 heavy (non-hydrogen) atoms. The summed E-state index contributed by atoms with van der Waals surface area (Å²) in [5.41, 5.74) is 2.16. The molecule has 0 saturated carbocycles. The van der Waals surface area contributed by atoms with Crippen LogP contribution in [0.15, 0.2) is 18.6 Å². The van der Waals surface area contributed by atoms with Gasteiger partial charge in [0.25, 0.3) is 0 Å². The van der Waals surface area contributed by atoms with Crippen molar-refractivity contribution < 1.29 is 9.53 Å². The Hall–Kier alpha value is -2.81. The molecule has 4 aromatic heterocycles. The largest absolute Gasteiger partial charge is 0.462 e. The van der Waals surface area contributed by atoms with Crippen molar-refractivity contribution in [3.8, 4) is 11.5 Å². The molecular formula is C15H14N6O2S. The lowest BCUT2D eigenvalue weighted by atomic mass is 10.2. The maximum atomic E-state index is 12.1. The molecule has 0 aliphatic heterocycles. The van der Waals surface area contributed by atoms with Crippen LogP contribution in [0.4, 0.5) is 0 Å². The Balaban J connectivity index is 1.93. The second-order valence-electron chi connectivity index (χ2n) is 5.28. The molecule has 4 aromatic rings. The van der Waals surface area contributed by atoms with E-state index in [2.05, 4.69) is 20.2 Å². The van der Waals surface area contributed by atoms with Crippen LogP contribution >= 0.6 is 11.3 Å². The lowest BCUT2D eigenvalue weighted by molar-refractivity contribution is 0.0531. The molecule has 0 spiro atoms. The highest BCUT2D eigenvalue weighted by Gasteiger charge is 2.21. The Bertz CT molecular complexity index is 1080. The zero-order valence-electron chi connectivity index (χ0n) is 13.3. The summed E-state index contributed by atoms with van der Waals surface area (Å²) in [5.74, 6) is 0.189. The summed E-state index contributed by atoms with van der Waals surface area (Å²) >= 11 is 1.31. The SMILES string of the molecule is CCOC(=O)c1sc2ncn3nc(-c4ccn(C)n4)nc3c2c1C. The van der Waals surface area contributed by atoms with E-state index in [1.807, 2.05) is 26.2 Å². The number of rotatable bonds is 3. The molecule has 0 fully saturated rings. The van der Waals surface area contributed by atoms with Crippen molar-refractivity contribution in [3.63, 3.8) is 0 Å². The molecule has 0 bridgehead atoms. The molecular weight excluding hydrogens is 328 g/mol. The first-order valence-electron chi connectivity index (χ1n) is 7.40. The molecule has 0 N–H and O–H groups in total. The summed E-state index contributed by atoms with van der Waals surface area (Å²) in [6, 6.07) is 1.85. The van der Waals surface area contributed by atoms with E-state index in [0.29, 0.717) is 28.6 Å². The first-order chi connectivity index (χ1) is 11.6. The van der Waals surface area contributed by atoms with Gasteiger partial charge in [0.1, 0.15) is 21.7 Å². The minimum absolute atomic E-state index is 0.333. The highest BCUT2D eigenvalue weighted by molar-refractivity contribution is 7.20. The maximum Gasteiger partial charge on any atom is 0.348 e. The van der Waals surface area contributed by atoms with Gasteiger partial charge in [-0.05, 0) is 25.5 Å². The normalized spacial score (nSPS) is 11.5. The number of hydrogen-bond acceptors (Lipinski definition) is 7. The van der Waals surface area contributed by atoms with Gasteiger partial charge in [-0.2, -0.15) is 5.10 Å². The minimum Gasteiger partial charge on any atom is -0.462 e. The van der Waals surface area contributed by atoms with Crippen molar-refractivity contribution in [2.45, 2.75) is 13.8 Å². The Kier molecular flexibility index (Phi) is 3.31. The van der Waals surface area contributed by atoms with Gasteiger partial charge >= 0.3 is 5.97 Å². The van der Waals surface area contributed by atoms with Crippen LogP contribution in [0.5, 0.6) is 0 Å². The third kappa shape index (κ3) is 2.16. The van der Waals surface area contributed by atoms with Crippen molar-refractivity contribution in [1.29, 1.82) is 0 Å². The number of esters is 1. The molecule has 0 aliphatic rings. The summed E-state index contributed by atoms with van der Waals surface area (Å²) in [6.07, 6.45) is 3.44. The van der Waals surface area contributed by atoms with Gasteiger partial charge < -0.3 is 4.74 Å². The Morgan fingerprint density at radius 3 is 2.92 bits per heavy atom. The highest BCUT2D eigenvalue weighted by atomic mass is 32.1. The lowest BCUT2D eigenvalue weighted by Crippen LogP contribution is -2.03. The predicted octanol–water partition coefficient (Wildman–Crippen LogP) is 2.22. The monoisotopic (exact) mass is 342 g/mol. The maximum absolute atomic E-state index is 12.1. The van der Waals surface area contributed by atoms with Gasteiger partial charge in [0.2, 0.25) is 5.82 Å². The van der Waals surface area contributed by atoms with Crippen LogP contribution in [-0.4, -0.2) is 41.9 Å². The summed E-state index contributed by atoms with van der Waals surface area (Å²) in [7, 11) is 1.84. The standard InChI is InChI=1S/C15H14N6O2S/c1-4-23-15(22)11-8(2)10-13-17-12(9-5-6-20(3)18-9)19-21(13)7-16-14(10)24-11/h5-7H,4H2,1-3H3. The van der Waals surface area contributed by atoms with Crippen molar-refractivity contribution in [1.82, 2.24) is 29.4 Å². The van der Waals surface area contributed by atoms with E-state index in [0.717, 1.165) is 15.8 Å². The van der Waals surface area contributed by atoms with Crippen LogP contribution in [0.25, 0.3) is 27.4 Å². The van der Waals surface area contributed by atoms with E-state index >= 15 is 0 Å². The highest BCUT2D eigenvalue weighted by Crippen LogP contribution is 2.32. The number of carbonyl (C=O) groups excluding carboxylic acids is 1. The molecule has 0 aromatic carbocycles. The second kappa shape index (κ2) is 5.38. The Morgan fingerprint density at radius 1 is 1.38 bits per heavy atom. The summed E-state index contributed by atoms with van der Waals surface area (Å²) in [5, 5.41) is 9.58. The van der Waals surface area contributed by atoms with Gasteiger partial charge in [-0.1, -0.05) is 0 Å². The number of hydrogen-bond donors (Lipinski definition) is 0. The van der Waals surface area contributed by atoms with Crippen LogP contribution in [0, 0.1) is 6.92 Å². The fourth-order valence-corrected chi connectivity index (χ4v) is 3.61. The molecule has 122 valence electrons. The van der Waals surface area contributed by atoms with Crippen molar-refractivity contribution in [2.75, 3.05) is 6.61 Å². The smallest absolute Gasteiger partial charge is 0.348 e. The van der Waals surface area contributed by atoms with Gasteiger partial charge in [-0.25, -0.2) is 19.3 Å². The molecule has 0 atom stereocenters. The first kappa shape index (κ1) is 14.8. The molecule has 8 nitrogen and oxygen atoms in total. The number of aryl methyl sites for hydroxylation is 2. The van der Waals surface area contributed by atoms with Gasteiger partial charge in [0, 0.05) is 13.2 Å².